The van der Waals surface area contributed by atoms with E-state index in [0.29, 0.717) is 25.3 Å². The summed E-state index contributed by atoms with van der Waals surface area (Å²) >= 11 is 0. The molecule has 1 aliphatic rings. The van der Waals surface area contributed by atoms with Gasteiger partial charge in [-0.2, -0.15) is 9.37 Å². The van der Waals surface area contributed by atoms with Gasteiger partial charge in [-0.25, -0.2) is 13.8 Å². The summed E-state index contributed by atoms with van der Waals surface area (Å²) in [7, 11) is 0. The third kappa shape index (κ3) is 5.52. The van der Waals surface area contributed by atoms with Gasteiger partial charge in [0.05, 0.1) is 12.6 Å². The van der Waals surface area contributed by atoms with Crippen LogP contribution in [0.5, 0.6) is 11.6 Å². The molecule has 1 fully saturated rings. The van der Waals surface area contributed by atoms with Crippen molar-refractivity contribution in [3.05, 3.63) is 42.0 Å². The van der Waals surface area contributed by atoms with Crippen LogP contribution in [-0.2, 0) is 4.79 Å². The number of nitrogens with zero attached hydrogens (tertiary/aromatic N) is 3. The first-order chi connectivity index (χ1) is 14.3. The lowest BCUT2D eigenvalue weighted by atomic mass is 10.1. The molecule has 2 atom stereocenters. The Balaban J connectivity index is 1.59. The van der Waals surface area contributed by atoms with Crippen LogP contribution >= 0.6 is 0 Å². The second-order valence-electron chi connectivity index (χ2n) is 6.98. The SMILES string of the molecule is CC(=O)N[C@@H](C)c1ccc(O[C@@H]2CCN(c3ncnc(OCC(F)F)c3F)C2)cc1. The zero-order valence-corrected chi connectivity index (χ0v) is 16.6. The van der Waals surface area contributed by atoms with Crippen LogP contribution in [0.15, 0.2) is 30.6 Å². The summed E-state index contributed by atoms with van der Waals surface area (Å²) in [5.41, 5.74) is 0.949. The van der Waals surface area contributed by atoms with Gasteiger partial charge in [-0.1, -0.05) is 12.1 Å². The zero-order valence-electron chi connectivity index (χ0n) is 16.6. The van der Waals surface area contributed by atoms with E-state index in [2.05, 4.69) is 15.3 Å². The minimum atomic E-state index is -2.72. The highest BCUT2D eigenvalue weighted by atomic mass is 19.3. The summed E-state index contributed by atoms with van der Waals surface area (Å²) in [6.45, 7) is 3.29. The van der Waals surface area contributed by atoms with Crippen LogP contribution < -0.4 is 19.7 Å². The average molecular weight is 424 g/mol. The lowest BCUT2D eigenvalue weighted by molar-refractivity contribution is -0.119. The van der Waals surface area contributed by atoms with Gasteiger partial charge in [0.1, 0.15) is 18.2 Å². The molecule has 1 saturated heterocycles. The number of ether oxygens (including phenoxy) is 2. The number of aromatic nitrogens is 2. The van der Waals surface area contributed by atoms with Crippen molar-refractivity contribution in [1.82, 2.24) is 15.3 Å². The molecule has 2 heterocycles. The smallest absolute Gasteiger partial charge is 0.272 e. The Bertz CT molecular complexity index is 867. The van der Waals surface area contributed by atoms with Crippen LogP contribution in [0.3, 0.4) is 0 Å². The number of hydrogen-bond donors (Lipinski definition) is 1. The zero-order chi connectivity index (χ0) is 21.7. The Morgan fingerprint density at radius 3 is 2.70 bits per heavy atom. The molecule has 3 rings (SSSR count). The minimum absolute atomic E-state index is 0.000142. The Morgan fingerprint density at radius 1 is 1.30 bits per heavy atom. The molecule has 0 aliphatic carbocycles. The van der Waals surface area contributed by atoms with Crippen LogP contribution in [0.2, 0.25) is 0 Å². The van der Waals surface area contributed by atoms with E-state index in [9.17, 15) is 18.0 Å². The number of amides is 1. The van der Waals surface area contributed by atoms with Gasteiger partial charge in [0.2, 0.25) is 11.7 Å². The number of rotatable bonds is 8. The Kier molecular flexibility index (Phi) is 6.96. The van der Waals surface area contributed by atoms with Crippen molar-refractivity contribution in [1.29, 1.82) is 0 Å². The lowest BCUT2D eigenvalue weighted by Gasteiger charge is -2.19. The molecule has 1 aromatic heterocycles. The van der Waals surface area contributed by atoms with E-state index >= 15 is 0 Å². The van der Waals surface area contributed by atoms with E-state index in [4.69, 9.17) is 9.47 Å². The topological polar surface area (TPSA) is 76.6 Å². The van der Waals surface area contributed by atoms with E-state index in [1.807, 2.05) is 31.2 Å². The highest BCUT2D eigenvalue weighted by molar-refractivity contribution is 5.73. The fourth-order valence-corrected chi connectivity index (χ4v) is 3.24. The third-order valence-corrected chi connectivity index (χ3v) is 4.63. The molecular weight excluding hydrogens is 401 g/mol. The molecule has 0 radical (unpaired) electrons. The van der Waals surface area contributed by atoms with Crippen molar-refractivity contribution in [3.8, 4) is 11.6 Å². The van der Waals surface area contributed by atoms with Crippen LogP contribution in [0.1, 0.15) is 31.9 Å². The van der Waals surface area contributed by atoms with Crippen LogP contribution in [0.4, 0.5) is 19.0 Å². The second-order valence-corrected chi connectivity index (χ2v) is 6.98. The third-order valence-electron chi connectivity index (χ3n) is 4.63. The predicted octanol–water partition coefficient (Wildman–Crippen LogP) is 3.11. The number of carbonyl (C=O) groups excluding carboxylic acids is 1. The Hall–Kier alpha value is -3.04. The first-order valence-electron chi connectivity index (χ1n) is 9.53. The van der Waals surface area contributed by atoms with Gasteiger partial charge in [-0.05, 0) is 24.6 Å². The first-order valence-corrected chi connectivity index (χ1v) is 9.53. The highest BCUT2D eigenvalue weighted by Gasteiger charge is 2.28. The molecule has 0 bridgehead atoms. The number of benzene rings is 1. The average Bonchev–Trinajstić information content (AvgIpc) is 3.15. The minimum Gasteiger partial charge on any atom is -0.489 e. The summed E-state index contributed by atoms with van der Waals surface area (Å²) < 4.78 is 49.8. The molecule has 0 spiro atoms. The molecule has 0 saturated carbocycles. The van der Waals surface area contributed by atoms with Crippen LogP contribution in [0, 0.1) is 5.82 Å². The molecule has 1 amide bonds. The standard InChI is InChI=1S/C20H23F3N4O3/c1-12(26-13(2)28)14-3-5-15(6-4-14)30-16-7-8-27(9-16)19-18(23)20(25-11-24-19)29-10-17(21)22/h3-6,11-12,16-17H,7-10H2,1-2H3,(H,26,28)/t12-,16+/m0/s1. The summed E-state index contributed by atoms with van der Waals surface area (Å²) in [5, 5.41) is 2.81. The van der Waals surface area contributed by atoms with Gasteiger partial charge in [-0.3, -0.25) is 4.79 Å². The van der Waals surface area contributed by atoms with Gasteiger partial charge in [0, 0.05) is 19.9 Å². The van der Waals surface area contributed by atoms with Crippen LogP contribution in [-0.4, -0.2) is 48.1 Å². The molecule has 10 heteroatoms. The summed E-state index contributed by atoms with van der Waals surface area (Å²) in [6, 6.07) is 7.27. The second kappa shape index (κ2) is 9.64. The molecule has 1 aliphatic heterocycles. The van der Waals surface area contributed by atoms with Gasteiger partial charge < -0.3 is 19.7 Å². The summed E-state index contributed by atoms with van der Waals surface area (Å²) in [6.07, 6.45) is -1.19. The molecule has 0 unspecified atom stereocenters. The van der Waals surface area contributed by atoms with E-state index in [1.54, 1.807) is 4.90 Å². The highest BCUT2D eigenvalue weighted by Crippen LogP contribution is 2.28. The Morgan fingerprint density at radius 2 is 2.03 bits per heavy atom. The van der Waals surface area contributed by atoms with Gasteiger partial charge >= 0.3 is 0 Å². The van der Waals surface area contributed by atoms with Gasteiger partial charge in [0.15, 0.2) is 12.4 Å². The quantitative estimate of drug-likeness (QED) is 0.702. The van der Waals surface area contributed by atoms with Crippen molar-refractivity contribution in [2.75, 3.05) is 24.6 Å². The number of halogens is 3. The van der Waals surface area contributed by atoms with Crippen molar-refractivity contribution in [2.45, 2.75) is 38.8 Å². The molecule has 30 heavy (non-hydrogen) atoms. The van der Waals surface area contributed by atoms with Gasteiger partial charge in [0.25, 0.3) is 12.3 Å². The van der Waals surface area contributed by atoms with E-state index in [0.717, 1.165) is 11.9 Å². The molecule has 7 nitrogen and oxygen atoms in total. The van der Waals surface area contributed by atoms with E-state index in [-0.39, 0.29) is 23.9 Å². The number of alkyl halides is 2. The fourth-order valence-electron chi connectivity index (χ4n) is 3.24. The maximum atomic E-state index is 14.5. The summed E-state index contributed by atoms with van der Waals surface area (Å²) in [5.74, 6) is -0.804. The van der Waals surface area contributed by atoms with Crippen molar-refractivity contribution >= 4 is 11.7 Å². The number of anilines is 1. The fraction of sp³-hybridized carbons (Fsp3) is 0.450. The molecule has 2 aromatic rings. The molecule has 1 aromatic carbocycles. The van der Waals surface area contributed by atoms with Gasteiger partial charge in [-0.15, -0.1) is 0 Å². The molecular formula is C20H23F3N4O3. The van der Waals surface area contributed by atoms with Crippen LogP contribution in [0.25, 0.3) is 0 Å². The largest absolute Gasteiger partial charge is 0.489 e. The maximum Gasteiger partial charge on any atom is 0.272 e. The van der Waals surface area contributed by atoms with Crippen molar-refractivity contribution < 1.29 is 27.4 Å². The maximum absolute atomic E-state index is 14.5. The Labute approximate surface area is 172 Å². The van der Waals surface area contributed by atoms with Crippen molar-refractivity contribution in [2.24, 2.45) is 0 Å². The van der Waals surface area contributed by atoms with Crippen molar-refractivity contribution in [3.63, 3.8) is 0 Å². The number of hydrogen-bond acceptors (Lipinski definition) is 6. The normalized spacial score (nSPS) is 17.1. The molecule has 1 N–H and O–H groups in total. The first kappa shape index (κ1) is 21.7. The van der Waals surface area contributed by atoms with E-state index in [1.165, 1.54) is 6.92 Å². The summed E-state index contributed by atoms with van der Waals surface area (Å²) in [4.78, 5) is 20.3. The lowest BCUT2D eigenvalue weighted by Crippen LogP contribution is -2.26. The number of nitrogens with one attached hydrogen (secondary N) is 1. The number of carbonyl (C=O) groups is 1. The van der Waals surface area contributed by atoms with E-state index < -0.39 is 24.7 Å². The molecule has 162 valence electrons. The monoisotopic (exact) mass is 424 g/mol. The predicted molar refractivity (Wildman–Crippen MR) is 103 cm³/mol.